The number of nitrogens with zero attached hydrogens (tertiary/aromatic N) is 1. The zero-order valence-corrected chi connectivity index (χ0v) is 21.6. The minimum absolute atomic E-state index is 0.145. The first-order valence-electron chi connectivity index (χ1n) is 12.8. The Kier molecular flexibility index (Phi) is 8.58. The fraction of sp³-hybridized carbons (Fsp3) is 0.258. The Morgan fingerprint density at radius 2 is 1.74 bits per heavy atom. The van der Waals surface area contributed by atoms with Crippen molar-refractivity contribution in [1.29, 1.82) is 0 Å². The first-order chi connectivity index (χ1) is 18.4. The number of fused-ring (bicyclic) bond motifs is 1. The fourth-order valence-electron chi connectivity index (χ4n) is 4.49. The number of benzene rings is 2. The standard InChI is InChI=1S/C31H32N2O5/c1-3-23(30(35)36)15-16-26-19-27(28-14-7-8-17-33(26)28)29(34)24-12-9-13-25(18-24)32-21(2)31(37)38-20-22-10-5-4-6-11-22/h4-14,17-19,21,23,32H,3,15-16,20H2,1-2H3,(H,35,36). The number of nitrogens with one attached hydrogen (secondary N) is 1. The maximum absolute atomic E-state index is 13.6. The molecule has 7 heteroatoms. The highest BCUT2D eigenvalue weighted by atomic mass is 16.5. The molecule has 0 radical (unpaired) electrons. The lowest BCUT2D eigenvalue weighted by Gasteiger charge is -2.15. The van der Waals surface area contributed by atoms with Crippen molar-refractivity contribution in [3.8, 4) is 0 Å². The third-order valence-electron chi connectivity index (χ3n) is 6.68. The Morgan fingerprint density at radius 1 is 0.974 bits per heavy atom. The SMILES string of the molecule is CCC(CCc1cc(C(=O)c2cccc(NC(C)C(=O)OCc3ccccc3)c2)c2ccccn12)C(=O)O. The third-order valence-corrected chi connectivity index (χ3v) is 6.68. The number of rotatable bonds is 12. The molecule has 2 aromatic carbocycles. The first-order valence-corrected chi connectivity index (χ1v) is 12.8. The van der Waals surface area contributed by atoms with E-state index in [1.807, 2.05) is 72.1 Å². The van der Waals surface area contributed by atoms with Crippen molar-refractivity contribution in [3.63, 3.8) is 0 Å². The minimum atomic E-state index is -0.799. The van der Waals surface area contributed by atoms with Gasteiger partial charge in [0.15, 0.2) is 5.78 Å². The van der Waals surface area contributed by atoms with E-state index in [2.05, 4.69) is 5.32 Å². The summed E-state index contributed by atoms with van der Waals surface area (Å²) >= 11 is 0. The average molecular weight is 513 g/mol. The number of carbonyl (C=O) groups is 3. The molecule has 7 nitrogen and oxygen atoms in total. The van der Waals surface area contributed by atoms with Gasteiger partial charge in [0.25, 0.3) is 0 Å². The van der Waals surface area contributed by atoms with E-state index in [9.17, 15) is 19.5 Å². The van der Waals surface area contributed by atoms with E-state index in [0.717, 1.165) is 16.8 Å². The molecule has 38 heavy (non-hydrogen) atoms. The minimum Gasteiger partial charge on any atom is -0.481 e. The van der Waals surface area contributed by atoms with Gasteiger partial charge in [0.1, 0.15) is 12.6 Å². The maximum Gasteiger partial charge on any atom is 0.328 e. The van der Waals surface area contributed by atoms with Crippen LogP contribution in [0, 0.1) is 5.92 Å². The zero-order chi connectivity index (χ0) is 27.1. The molecule has 2 heterocycles. The molecular weight excluding hydrogens is 480 g/mol. The summed E-state index contributed by atoms with van der Waals surface area (Å²) in [4.78, 5) is 37.5. The van der Waals surface area contributed by atoms with Gasteiger partial charge in [-0.05, 0) is 62.1 Å². The number of esters is 1. The molecule has 2 aromatic heterocycles. The number of carbonyl (C=O) groups excluding carboxylic acids is 2. The second-order valence-corrected chi connectivity index (χ2v) is 9.36. The molecule has 196 valence electrons. The Labute approximate surface area is 222 Å². The van der Waals surface area contributed by atoms with Crippen molar-refractivity contribution in [2.24, 2.45) is 5.92 Å². The second kappa shape index (κ2) is 12.2. The Bertz CT molecular complexity index is 1430. The van der Waals surface area contributed by atoms with Crippen LogP contribution in [0.1, 0.15) is 53.9 Å². The highest BCUT2D eigenvalue weighted by Gasteiger charge is 2.21. The van der Waals surface area contributed by atoms with Gasteiger partial charge in [0.05, 0.1) is 11.4 Å². The molecule has 4 rings (SSSR count). The fourth-order valence-corrected chi connectivity index (χ4v) is 4.49. The summed E-state index contributed by atoms with van der Waals surface area (Å²) in [7, 11) is 0. The van der Waals surface area contributed by atoms with Gasteiger partial charge < -0.3 is 19.6 Å². The number of aryl methyl sites for hydroxylation is 1. The van der Waals surface area contributed by atoms with Crippen molar-refractivity contribution in [2.45, 2.75) is 45.8 Å². The highest BCUT2D eigenvalue weighted by Crippen LogP contribution is 2.24. The summed E-state index contributed by atoms with van der Waals surface area (Å²) in [5, 5.41) is 12.5. The Hall–Kier alpha value is -4.39. The van der Waals surface area contributed by atoms with Gasteiger partial charge in [0.2, 0.25) is 0 Å². The number of hydrogen-bond acceptors (Lipinski definition) is 5. The van der Waals surface area contributed by atoms with Crippen LogP contribution in [0.15, 0.2) is 85.1 Å². The van der Waals surface area contributed by atoms with Gasteiger partial charge in [-0.1, -0.05) is 55.5 Å². The van der Waals surface area contributed by atoms with Gasteiger partial charge in [-0.15, -0.1) is 0 Å². The van der Waals surface area contributed by atoms with Crippen LogP contribution in [0.4, 0.5) is 5.69 Å². The lowest BCUT2D eigenvalue weighted by Crippen LogP contribution is -2.28. The highest BCUT2D eigenvalue weighted by molar-refractivity contribution is 6.13. The molecule has 0 saturated carbocycles. The van der Waals surface area contributed by atoms with E-state index in [-0.39, 0.29) is 18.4 Å². The quantitative estimate of drug-likeness (QED) is 0.185. The molecule has 0 amide bonds. The molecule has 0 fully saturated rings. The summed E-state index contributed by atoms with van der Waals surface area (Å²) in [6.45, 7) is 3.78. The van der Waals surface area contributed by atoms with Crippen LogP contribution in [0.25, 0.3) is 5.52 Å². The van der Waals surface area contributed by atoms with Gasteiger partial charge in [-0.2, -0.15) is 0 Å². The molecule has 2 atom stereocenters. The van der Waals surface area contributed by atoms with E-state index in [0.29, 0.717) is 36.1 Å². The van der Waals surface area contributed by atoms with Crippen LogP contribution in [0.3, 0.4) is 0 Å². The Morgan fingerprint density at radius 3 is 2.47 bits per heavy atom. The van der Waals surface area contributed by atoms with Gasteiger partial charge >= 0.3 is 11.9 Å². The largest absolute Gasteiger partial charge is 0.481 e. The van der Waals surface area contributed by atoms with E-state index in [1.54, 1.807) is 31.2 Å². The second-order valence-electron chi connectivity index (χ2n) is 9.36. The summed E-state index contributed by atoms with van der Waals surface area (Å²) < 4.78 is 7.37. The summed E-state index contributed by atoms with van der Waals surface area (Å²) in [5.74, 6) is -1.76. The number of anilines is 1. The van der Waals surface area contributed by atoms with Crippen LogP contribution in [-0.2, 0) is 27.4 Å². The van der Waals surface area contributed by atoms with E-state index in [4.69, 9.17) is 4.74 Å². The van der Waals surface area contributed by atoms with E-state index < -0.39 is 17.9 Å². The molecule has 0 saturated heterocycles. The summed E-state index contributed by atoms with van der Waals surface area (Å²) in [5.41, 5.74) is 4.25. The Balaban J connectivity index is 1.48. The molecule has 0 aliphatic carbocycles. The van der Waals surface area contributed by atoms with Gasteiger partial charge in [-0.25, -0.2) is 4.79 Å². The first kappa shape index (κ1) is 26.7. The predicted octanol–water partition coefficient (Wildman–Crippen LogP) is 5.76. The average Bonchev–Trinajstić information content (AvgIpc) is 3.30. The lowest BCUT2D eigenvalue weighted by atomic mass is 9.99. The van der Waals surface area contributed by atoms with Crippen molar-refractivity contribution in [2.75, 3.05) is 5.32 Å². The summed E-state index contributed by atoms with van der Waals surface area (Å²) in [6, 6.07) is 23.4. The predicted molar refractivity (Wildman–Crippen MR) is 146 cm³/mol. The van der Waals surface area contributed by atoms with Crippen molar-refractivity contribution in [3.05, 3.63) is 107 Å². The van der Waals surface area contributed by atoms with E-state index in [1.165, 1.54) is 0 Å². The normalized spacial score (nSPS) is 12.6. The van der Waals surface area contributed by atoms with Gasteiger partial charge in [0, 0.05) is 28.7 Å². The van der Waals surface area contributed by atoms with E-state index >= 15 is 0 Å². The maximum atomic E-state index is 13.6. The zero-order valence-electron chi connectivity index (χ0n) is 21.6. The number of ether oxygens (including phenoxy) is 1. The van der Waals surface area contributed by atoms with Crippen LogP contribution < -0.4 is 5.32 Å². The lowest BCUT2D eigenvalue weighted by molar-refractivity contribution is -0.145. The van der Waals surface area contributed by atoms with Crippen molar-refractivity contribution in [1.82, 2.24) is 4.40 Å². The number of aromatic nitrogens is 1. The number of carboxylic acid groups (broad SMARTS) is 1. The van der Waals surface area contributed by atoms with Crippen molar-refractivity contribution < 1.29 is 24.2 Å². The number of ketones is 1. The van der Waals surface area contributed by atoms with Crippen LogP contribution in [0.5, 0.6) is 0 Å². The summed E-state index contributed by atoms with van der Waals surface area (Å²) in [6.07, 6.45) is 3.50. The molecule has 2 N–H and O–H groups in total. The molecule has 2 unspecified atom stereocenters. The number of hydrogen-bond donors (Lipinski definition) is 2. The van der Waals surface area contributed by atoms with Crippen LogP contribution >= 0.6 is 0 Å². The number of aliphatic carboxylic acids is 1. The van der Waals surface area contributed by atoms with Crippen LogP contribution in [-0.4, -0.2) is 33.3 Å². The molecule has 0 aliphatic heterocycles. The smallest absolute Gasteiger partial charge is 0.328 e. The van der Waals surface area contributed by atoms with Crippen molar-refractivity contribution >= 4 is 28.9 Å². The molecule has 0 bridgehead atoms. The topological polar surface area (TPSA) is 97.1 Å². The number of carboxylic acids is 1. The van der Waals surface area contributed by atoms with Crippen LogP contribution in [0.2, 0.25) is 0 Å². The molecule has 0 spiro atoms. The monoisotopic (exact) mass is 512 g/mol. The molecule has 4 aromatic rings. The molecule has 0 aliphatic rings. The van der Waals surface area contributed by atoms with Gasteiger partial charge in [-0.3, -0.25) is 9.59 Å². The number of pyridine rings is 1. The molecular formula is C31H32N2O5. The third kappa shape index (κ3) is 6.29.